The van der Waals surface area contributed by atoms with Gasteiger partial charge in [-0.2, -0.15) is 0 Å². The first-order valence-corrected chi connectivity index (χ1v) is 4.16. The van der Waals surface area contributed by atoms with E-state index in [9.17, 15) is 13.2 Å². The van der Waals surface area contributed by atoms with E-state index in [4.69, 9.17) is 23.2 Å². The van der Waals surface area contributed by atoms with Crippen LogP contribution in [0.1, 0.15) is 17.6 Å². The second-order valence-corrected chi connectivity index (χ2v) is 2.85. The Hall–Kier alpha value is -0.480. The smallest absolute Gasteiger partial charge is 0.241 e. The molecular formula is C7H4Cl2F3N. The minimum Gasteiger partial charge on any atom is -0.241 e. The average Bonchev–Trinajstić information content (AvgIpc) is 2.07. The predicted octanol–water partition coefficient (Wildman–Crippen LogP) is 3.55. The minimum absolute atomic E-state index is 0.295. The quantitative estimate of drug-likeness (QED) is 0.559. The number of nitrogens with zero attached hydrogens (tertiary/aromatic N) is 1. The molecule has 0 radical (unpaired) electrons. The first-order valence-electron chi connectivity index (χ1n) is 3.24. The molecule has 13 heavy (non-hydrogen) atoms. The van der Waals surface area contributed by atoms with Gasteiger partial charge in [0.15, 0.2) is 0 Å². The van der Waals surface area contributed by atoms with Gasteiger partial charge in [-0.15, -0.1) is 11.6 Å². The Morgan fingerprint density at radius 1 is 1.46 bits per heavy atom. The molecule has 1 nitrogen and oxygen atoms in total. The summed E-state index contributed by atoms with van der Waals surface area (Å²) in [7, 11) is 0. The lowest BCUT2D eigenvalue weighted by Gasteiger charge is -2.07. The first kappa shape index (κ1) is 10.6. The Labute approximate surface area is 82.5 Å². The Kier molecular flexibility index (Phi) is 3.39. The molecule has 0 aliphatic carbocycles. The van der Waals surface area contributed by atoms with E-state index < -0.39 is 23.0 Å². The van der Waals surface area contributed by atoms with Gasteiger partial charge in [0.05, 0.1) is 17.6 Å². The van der Waals surface area contributed by atoms with Gasteiger partial charge in [-0.25, -0.2) is 18.2 Å². The van der Waals surface area contributed by atoms with Crippen LogP contribution in [0.15, 0.2) is 6.20 Å². The maximum Gasteiger partial charge on any atom is 0.267 e. The van der Waals surface area contributed by atoms with Crippen molar-refractivity contribution in [3.63, 3.8) is 0 Å². The summed E-state index contributed by atoms with van der Waals surface area (Å²) in [5.41, 5.74) is -0.923. The lowest BCUT2D eigenvalue weighted by Crippen LogP contribution is -1.99. The molecule has 1 heterocycles. The number of hydrogen-bond acceptors (Lipinski definition) is 1. The Balaban J connectivity index is 3.35. The molecule has 0 aromatic carbocycles. The zero-order valence-electron chi connectivity index (χ0n) is 6.20. The summed E-state index contributed by atoms with van der Waals surface area (Å²) < 4.78 is 37.5. The fraction of sp³-hybridized carbons (Fsp3) is 0.286. The summed E-state index contributed by atoms with van der Waals surface area (Å²) in [6, 6.07) is 0. The van der Waals surface area contributed by atoms with Crippen LogP contribution in [0.2, 0.25) is 5.15 Å². The van der Waals surface area contributed by atoms with Gasteiger partial charge in [0.2, 0.25) is 0 Å². The molecule has 0 aliphatic heterocycles. The largest absolute Gasteiger partial charge is 0.267 e. The molecule has 6 heteroatoms. The van der Waals surface area contributed by atoms with Crippen LogP contribution >= 0.6 is 23.2 Å². The van der Waals surface area contributed by atoms with Crippen LogP contribution in [-0.2, 0) is 5.88 Å². The number of aromatic nitrogens is 1. The van der Waals surface area contributed by atoms with Gasteiger partial charge < -0.3 is 0 Å². The standard InChI is InChI=1S/C7H4Cl2F3N/c8-1-3-4(10)2-13-6(9)5(3)7(11)12/h2,7H,1H2. The van der Waals surface area contributed by atoms with Crippen LogP contribution in [0.3, 0.4) is 0 Å². The molecule has 0 spiro atoms. The van der Waals surface area contributed by atoms with Crippen LogP contribution in [0.25, 0.3) is 0 Å². The molecule has 0 saturated carbocycles. The molecule has 0 aliphatic rings. The number of halogens is 5. The second kappa shape index (κ2) is 4.15. The molecule has 0 bridgehead atoms. The van der Waals surface area contributed by atoms with Crippen molar-refractivity contribution in [3.8, 4) is 0 Å². The van der Waals surface area contributed by atoms with E-state index >= 15 is 0 Å². The maximum absolute atomic E-state index is 12.9. The van der Waals surface area contributed by atoms with Crippen molar-refractivity contribution < 1.29 is 13.2 Å². The summed E-state index contributed by atoms with van der Waals surface area (Å²) in [6.07, 6.45) is -2.10. The van der Waals surface area contributed by atoms with E-state index in [-0.39, 0.29) is 11.4 Å². The highest BCUT2D eigenvalue weighted by atomic mass is 35.5. The van der Waals surface area contributed by atoms with Crippen molar-refractivity contribution in [2.75, 3.05) is 0 Å². The second-order valence-electron chi connectivity index (χ2n) is 2.22. The van der Waals surface area contributed by atoms with Crippen molar-refractivity contribution in [2.24, 2.45) is 0 Å². The zero-order valence-corrected chi connectivity index (χ0v) is 7.71. The molecule has 0 fully saturated rings. The van der Waals surface area contributed by atoms with Crippen molar-refractivity contribution in [2.45, 2.75) is 12.3 Å². The van der Waals surface area contributed by atoms with Gasteiger partial charge in [-0.1, -0.05) is 11.6 Å². The normalized spacial score (nSPS) is 10.9. The molecule has 72 valence electrons. The van der Waals surface area contributed by atoms with Crippen molar-refractivity contribution in [3.05, 3.63) is 28.3 Å². The van der Waals surface area contributed by atoms with Gasteiger partial charge in [0.25, 0.3) is 6.43 Å². The summed E-state index contributed by atoms with van der Waals surface area (Å²) >= 11 is 10.7. The van der Waals surface area contributed by atoms with Crippen molar-refractivity contribution in [1.29, 1.82) is 0 Å². The lowest BCUT2D eigenvalue weighted by atomic mass is 10.1. The van der Waals surface area contributed by atoms with Crippen LogP contribution in [0.5, 0.6) is 0 Å². The molecular weight excluding hydrogens is 226 g/mol. The third-order valence-electron chi connectivity index (χ3n) is 1.48. The van der Waals surface area contributed by atoms with E-state index in [1.165, 1.54) is 0 Å². The topological polar surface area (TPSA) is 12.9 Å². The highest BCUT2D eigenvalue weighted by molar-refractivity contribution is 6.30. The minimum atomic E-state index is -2.87. The molecule has 1 rings (SSSR count). The first-order chi connectivity index (χ1) is 6.07. The van der Waals surface area contributed by atoms with Crippen molar-refractivity contribution in [1.82, 2.24) is 4.98 Å². The fourth-order valence-corrected chi connectivity index (χ4v) is 1.39. The number of rotatable bonds is 2. The van der Waals surface area contributed by atoms with E-state index in [0.29, 0.717) is 0 Å². The summed E-state index contributed by atoms with van der Waals surface area (Å²) in [5, 5.41) is -0.410. The lowest BCUT2D eigenvalue weighted by molar-refractivity contribution is 0.149. The maximum atomic E-state index is 12.9. The van der Waals surface area contributed by atoms with Crippen LogP contribution < -0.4 is 0 Å². The SMILES string of the molecule is Fc1cnc(Cl)c(C(F)F)c1CCl. The molecule has 1 aromatic rings. The van der Waals surface area contributed by atoms with E-state index in [0.717, 1.165) is 6.20 Å². The van der Waals surface area contributed by atoms with E-state index in [2.05, 4.69) is 4.98 Å². The molecule has 0 saturated heterocycles. The van der Waals surface area contributed by atoms with Gasteiger partial charge in [-0.05, 0) is 0 Å². The third-order valence-corrected chi connectivity index (χ3v) is 2.05. The summed E-state index contributed by atoms with van der Waals surface area (Å²) in [6.45, 7) is 0. The van der Waals surface area contributed by atoms with Gasteiger partial charge >= 0.3 is 0 Å². The number of hydrogen-bond donors (Lipinski definition) is 0. The molecule has 0 atom stereocenters. The van der Waals surface area contributed by atoms with Crippen LogP contribution in [-0.4, -0.2) is 4.98 Å². The van der Waals surface area contributed by atoms with Crippen molar-refractivity contribution >= 4 is 23.2 Å². The molecule has 1 aromatic heterocycles. The fourth-order valence-electron chi connectivity index (χ4n) is 0.872. The molecule has 0 N–H and O–H groups in total. The summed E-state index contributed by atoms with van der Waals surface area (Å²) in [4.78, 5) is 3.26. The van der Waals surface area contributed by atoms with E-state index in [1.807, 2.05) is 0 Å². The molecule has 0 unspecified atom stereocenters. The Morgan fingerprint density at radius 2 is 2.08 bits per heavy atom. The highest BCUT2D eigenvalue weighted by Crippen LogP contribution is 2.30. The van der Waals surface area contributed by atoms with E-state index in [1.54, 1.807) is 0 Å². The average molecular weight is 230 g/mol. The van der Waals surface area contributed by atoms with Gasteiger partial charge in [-0.3, -0.25) is 0 Å². The highest BCUT2D eigenvalue weighted by Gasteiger charge is 2.20. The summed E-state index contributed by atoms with van der Waals surface area (Å²) in [5.74, 6) is -1.22. The predicted molar refractivity (Wildman–Crippen MR) is 43.7 cm³/mol. The number of alkyl halides is 3. The molecule has 0 amide bonds. The Bertz CT molecular complexity index is 317. The van der Waals surface area contributed by atoms with Gasteiger partial charge in [0.1, 0.15) is 11.0 Å². The van der Waals surface area contributed by atoms with Crippen LogP contribution in [0, 0.1) is 5.82 Å². The Morgan fingerprint density at radius 3 is 2.46 bits per heavy atom. The third kappa shape index (κ3) is 2.06. The van der Waals surface area contributed by atoms with Gasteiger partial charge in [0, 0.05) is 5.56 Å². The monoisotopic (exact) mass is 229 g/mol. The van der Waals surface area contributed by atoms with Crippen LogP contribution in [0.4, 0.5) is 13.2 Å². The number of pyridine rings is 1. The zero-order chi connectivity index (χ0) is 10.0.